The first-order chi connectivity index (χ1) is 17.6. The van der Waals surface area contributed by atoms with Crippen LogP contribution in [0.5, 0.6) is 5.75 Å². The number of ether oxygens (including phenoxy) is 1. The van der Waals surface area contributed by atoms with Gasteiger partial charge in [-0.15, -0.1) is 11.3 Å². The highest BCUT2D eigenvalue weighted by Gasteiger charge is 2.36. The van der Waals surface area contributed by atoms with Gasteiger partial charge in [-0.1, -0.05) is 42.0 Å². The Labute approximate surface area is 216 Å². The van der Waals surface area contributed by atoms with Crippen LogP contribution >= 0.6 is 11.3 Å². The van der Waals surface area contributed by atoms with Crippen molar-refractivity contribution in [2.45, 2.75) is 51.7 Å². The lowest BCUT2D eigenvalue weighted by Gasteiger charge is -2.31. The summed E-state index contributed by atoms with van der Waals surface area (Å²) in [5, 5.41) is 4.49. The summed E-state index contributed by atoms with van der Waals surface area (Å²) in [6.07, 6.45) is 6.88. The van der Waals surface area contributed by atoms with E-state index in [0.717, 1.165) is 35.4 Å². The summed E-state index contributed by atoms with van der Waals surface area (Å²) in [7, 11) is 1.66. The van der Waals surface area contributed by atoms with Crippen molar-refractivity contribution >= 4 is 17.4 Å². The number of rotatable bonds is 4. The molecule has 1 aliphatic heterocycles. The number of amides is 2. The highest BCUT2D eigenvalue weighted by molar-refractivity contribution is 7.15. The number of urea groups is 1. The van der Waals surface area contributed by atoms with Crippen LogP contribution in [-0.2, 0) is 25.9 Å². The Balaban J connectivity index is 1.42. The van der Waals surface area contributed by atoms with Gasteiger partial charge in [0, 0.05) is 23.2 Å². The minimum atomic E-state index is -0.177. The number of fused-ring (bicyclic) bond motifs is 5. The molecule has 0 saturated carbocycles. The lowest BCUT2D eigenvalue weighted by atomic mass is 9.95. The number of methoxy groups -OCH3 is 1. The second-order valence-electron chi connectivity index (χ2n) is 9.75. The number of hydrogen-bond acceptors (Lipinski definition) is 3. The first-order valence-electron chi connectivity index (χ1n) is 12.7. The van der Waals surface area contributed by atoms with E-state index in [2.05, 4.69) is 59.4 Å². The van der Waals surface area contributed by atoms with Gasteiger partial charge in [-0.3, -0.25) is 0 Å². The van der Waals surface area contributed by atoms with E-state index < -0.39 is 0 Å². The summed E-state index contributed by atoms with van der Waals surface area (Å²) in [5.41, 5.74) is 7.26. The Kier molecular flexibility index (Phi) is 6.05. The van der Waals surface area contributed by atoms with E-state index in [4.69, 9.17) is 4.74 Å². The second kappa shape index (κ2) is 9.51. The minimum Gasteiger partial charge on any atom is -0.497 e. The van der Waals surface area contributed by atoms with Crippen molar-refractivity contribution in [3.63, 3.8) is 0 Å². The van der Waals surface area contributed by atoms with Gasteiger partial charge in [0.2, 0.25) is 0 Å². The highest BCUT2D eigenvalue weighted by atomic mass is 32.1. The number of nitrogens with zero attached hydrogens (tertiary/aromatic N) is 2. The number of nitrogens with one attached hydrogen (secondary N) is 1. The third-order valence-electron chi connectivity index (χ3n) is 7.38. The number of hydrogen-bond donors (Lipinski definition) is 1. The normalized spacial score (nSPS) is 16.5. The zero-order chi connectivity index (χ0) is 24.6. The van der Waals surface area contributed by atoms with Crippen LogP contribution < -0.4 is 10.1 Å². The van der Waals surface area contributed by atoms with Gasteiger partial charge in [0.25, 0.3) is 0 Å². The predicted molar refractivity (Wildman–Crippen MR) is 144 cm³/mol. The quantitative estimate of drug-likeness (QED) is 0.348. The van der Waals surface area contributed by atoms with E-state index >= 15 is 0 Å². The van der Waals surface area contributed by atoms with Gasteiger partial charge < -0.3 is 19.5 Å². The van der Waals surface area contributed by atoms with Crippen molar-refractivity contribution < 1.29 is 9.53 Å². The molecule has 2 aromatic carbocycles. The third-order valence-corrected chi connectivity index (χ3v) is 8.71. The van der Waals surface area contributed by atoms with E-state index in [-0.39, 0.29) is 12.1 Å². The average Bonchev–Trinajstić information content (AvgIpc) is 3.49. The molecule has 2 aromatic heterocycles. The Hall–Kier alpha value is -3.51. The topological polar surface area (TPSA) is 46.5 Å². The van der Waals surface area contributed by atoms with Gasteiger partial charge in [-0.2, -0.15) is 0 Å². The number of thiophene rings is 1. The van der Waals surface area contributed by atoms with Gasteiger partial charge >= 0.3 is 6.03 Å². The molecule has 0 fully saturated rings. The van der Waals surface area contributed by atoms with E-state index in [1.54, 1.807) is 7.11 Å². The van der Waals surface area contributed by atoms with Crippen molar-refractivity contribution in [3.8, 4) is 10.8 Å². The second-order valence-corrected chi connectivity index (χ2v) is 10.8. The molecular formula is C30H31N3O2S. The molecule has 2 aliphatic rings. The molecule has 3 heterocycles. The molecule has 4 aromatic rings. The van der Waals surface area contributed by atoms with Gasteiger partial charge in [-0.05, 0) is 73.6 Å². The maximum absolute atomic E-state index is 14.0. The van der Waals surface area contributed by atoms with Crippen molar-refractivity contribution in [2.75, 3.05) is 7.11 Å². The highest BCUT2D eigenvalue weighted by Crippen LogP contribution is 2.44. The predicted octanol–water partition coefficient (Wildman–Crippen LogP) is 6.55. The Morgan fingerprint density at radius 2 is 1.92 bits per heavy atom. The van der Waals surface area contributed by atoms with E-state index in [1.807, 2.05) is 40.5 Å². The standard InChI is InChI=1S/C30H31N3O2S/c1-20-8-5-10-22(16-20)28-26-13-7-15-32(26)29-25(24-12-3-4-14-27(24)36-29)19-33(28)30(34)31-18-21-9-6-11-23(17-21)35-2/h5-11,13,15-17,28H,3-4,12,14,18-19H2,1-2H3,(H,31,34)/t28-/m1/s1. The summed E-state index contributed by atoms with van der Waals surface area (Å²) < 4.78 is 7.70. The van der Waals surface area contributed by atoms with Crippen LogP contribution in [0.2, 0.25) is 0 Å². The molecule has 0 spiro atoms. The monoisotopic (exact) mass is 497 g/mol. The summed E-state index contributed by atoms with van der Waals surface area (Å²) >= 11 is 1.92. The molecule has 1 aliphatic carbocycles. The van der Waals surface area contributed by atoms with E-state index in [9.17, 15) is 4.79 Å². The molecule has 36 heavy (non-hydrogen) atoms. The van der Waals surface area contributed by atoms with Gasteiger partial charge in [0.1, 0.15) is 10.8 Å². The fourth-order valence-electron chi connectivity index (χ4n) is 5.64. The molecule has 5 nitrogen and oxygen atoms in total. The zero-order valence-electron chi connectivity index (χ0n) is 20.8. The molecule has 0 saturated heterocycles. The van der Waals surface area contributed by atoms with Crippen molar-refractivity contribution in [3.05, 3.63) is 105 Å². The minimum absolute atomic E-state index is 0.0549. The van der Waals surface area contributed by atoms with Crippen LogP contribution in [0.1, 0.15) is 57.3 Å². The Morgan fingerprint density at radius 1 is 1.06 bits per heavy atom. The summed E-state index contributed by atoms with van der Waals surface area (Å²) in [6, 6.07) is 20.5. The molecule has 0 bridgehead atoms. The summed E-state index contributed by atoms with van der Waals surface area (Å²) in [5.74, 6) is 0.793. The fraction of sp³-hybridized carbons (Fsp3) is 0.300. The van der Waals surface area contributed by atoms with E-state index in [1.165, 1.54) is 39.4 Å². The lowest BCUT2D eigenvalue weighted by Crippen LogP contribution is -2.41. The number of carbonyl (C=O) groups excluding carboxylic acids is 1. The molecule has 0 radical (unpaired) electrons. The SMILES string of the molecule is COc1cccc(CNC(=O)N2Cc3c(sc4c3CCCC4)-n3cccc3[C@H]2c2cccc(C)c2)c1. The van der Waals surface area contributed by atoms with Crippen LogP contribution in [0.25, 0.3) is 5.00 Å². The first kappa shape index (κ1) is 22.9. The molecule has 6 rings (SSSR count). The van der Waals surface area contributed by atoms with Crippen molar-refractivity contribution in [1.29, 1.82) is 0 Å². The van der Waals surface area contributed by atoms with Gasteiger partial charge in [-0.25, -0.2) is 4.79 Å². The molecule has 0 unspecified atom stereocenters. The van der Waals surface area contributed by atoms with Crippen LogP contribution in [0, 0.1) is 6.92 Å². The van der Waals surface area contributed by atoms with Gasteiger partial charge in [0.15, 0.2) is 0 Å². The first-order valence-corrected chi connectivity index (χ1v) is 13.5. The molecule has 1 atom stereocenters. The van der Waals surface area contributed by atoms with Crippen LogP contribution in [0.15, 0.2) is 66.9 Å². The largest absolute Gasteiger partial charge is 0.497 e. The van der Waals surface area contributed by atoms with Crippen LogP contribution in [0.4, 0.5) is 4.79 Å². The van der Waals surface area contributed by atoms with E-state index in [0.29, 0.717) is 13.1 Å². The summed E-state index contributed by atoms with van der Waals surface area (Å²) in [4.78, 5) is 17.5. The van der Waals surface area contributed by atoms with Crippen molar-refractivity contribution in [2.24, 2.45) is 0 Å². The number of aryl methyl sites for hydroxylation is 2. The van der Waals surface area contributed by atoms with Crippen LogP contribution in [0.3, 0.4) is 0 Å². The number of benzene rings is 2. The third kappa shape index (κ3) is 4.09. The molecule has 6 heteroatoms. The molecule has 2 amide bonds. The smallest absolute Gasteiger partial charge is 0.318 e. The lowest BCUT2D eigenvalue weighted by molar-refractivity contribution is 0.180. The molecular weight excluding hydrogens is 466 g/mol. The van der Waals surface area contributed by atoms with Crippen LogP contribution in [-0.4, -0.2) is 22.6 Å². The van der Waals surface area contributed by atoms with Gasteiger partial charge in [0.05, 0.1) is 25.4 Å². The number of carbonyl (C=O) groups is 1. The average molecular weight is 498 g/mol. The number of aromatic nitrogens is 1. The maximum atomic E-state index is 14.0. The molecule has 184 valence electrons. The Bertz CT molecular complexity index is 1420. The van der Waals surface area contributed by atoms with Crippen molar-refractivity contribution in [1.82, 2.24) is 14.8 Å². The zero-order valence-corrected chi connectivity index (χ0v) is 21.6. The maximum Gasteiger partial charge on any atom is 0.318 e. The molecule has 1 N–H and O–H groups in total. The Morgan fingerprint density at radius 3 is 2.78 bits per heavy atom. The summed E-state index contributed by atoms with van der Waals surface area (Å²) in [6.45, 7) is 3.16. The fourth-order valence-corrected chi connectivity index (χ4v) is 7.04.